The number of urea groups is 1. The van der Waals surface area contributed by atoms with Crippen LogP contribution in [0, 0.1) is 0 Å². The molecule has 172 valence electrons. The van der Waals surface area contributed by atoms with E-state index in [1.54, 1.807) is 24.7 Å². The summed E-state index contributed by atoms with van der Waals surface area (Å²) < 4.78 is 1.87. The van der Waals surface area contributed by atoms with Crippen LogP contribution in [0.4, 0.5) is 16.4 Å². The molecule has 2 aromatic heterocycles. The molecule has 1 atom stereocenters. The molecule has 0 unspecified atom stereocenters. The molecule has 9 heteroatoms. The van der Waals surface area contributed by atoms with Crippen molar-refractivity contribution in [1.82, 2.24) is 24.4 Å². The monoisotopic (exact) mass is 455 g/mol. The van der Waals surface area contributed by atoms with Gasteiger partial charge in [-0.1, -0.05) is 30.3 Å². The Labute approximate surface area is 197 Å². The van der Waals surface area contributed by atoms with Crippen molar-refractivity contribution < 1.29 is 9.59 Å². The van der Waals surface area contributed by atoms with Crippen molar-refractivity contribution >= 4 is 34.6 Å². The summed E-state index contributed by atoms with van der Waals surface area (Å²) in [6, 6.07) is 17.2. The zero-order valence-electron chi connectivity index (χ0n) is 19.3. The minimum atomic E-state index is -0.303. The van der Waals surface area contributed by atoms with Crippen molar-refractivity contribution in [2.45, 2.75) is 19.9 Å². The fourth-order valence-corrected chi connectivity index (χ4v) is 4.15. The van der Waals surface area contributed by atoms with Gasteiger partial charge in [0.15, 0.2) is 0 Å². The SMILES string of the molecule is CCN1CC(=O)N(c2ccc3c(c2)ncn3-c2ccnc(N(C)[C@@H](C)c3ccccc3)n2)C1=O. The minimum absolute atomic E-state index is 0.0942. The lowest BCUT2D eigenvalue weighted by atomic mass is 10.1. The third-order valence-corrected chi connectivity index (χ3v) is 6.26. The molecule has 1 saturated heterocycles. The lowest BCUT2D eigenvalue weighted by molar-refractivity contribution is -0.116. The van der Waals surface area contributed by atoms with Gasteiger partial charge in [0.25, 0.3) is 5.91 Å². The number of fused-ring (bicyclic) bond motifs is 1. The number of rotatable bonds is 6. The summed E-state index contributed by atoms with van der Waals surface area (Å²) in [5.74, 6) is 1.04. The third kappa shape index (κ3) is 3.64. The summed E-state index contributed by atoms with van der Waals surface area (Å²) in [4.78, 5) is 43.4. The molecule has 1 aliphatic rings. The maximum Gasteiger partial charge on any atom is 0.331 e. The van der Waals surface area contributed by atoms with E-state index in [2.05, 4.69) is 29.0 Å². The molecule has 1 aliphatic heterocycles. The van der Waals surface area contributed by atoms with Crippen LogP contribution in [0.2, 0.25) is 0 Å². The lowest BCUT2D eigenvalue weighted by Crippen LogP contribution is -2.32. The average Bonchev–Trinajstić information content (AvgIpc) is 3.42. The van der Waals surface area contributed by atoms with Crippen molar-refractivity contribution in [1.29, 1.82) is 0 Å². The van der Waals surface area contributed by atoms with Crippen molar-refractivity contribution in [3.8, 4) is 5.82 Å². The van der Waals surface area contributed by atoms with Crippen LogP contribution in [0.1, 0.15) is 25.5 Å². The highest BCUT2D eigenvalue weighted by molar-refractivity contribution is 6.20. The van der Waals surface area contributed by atoms with E-state index in [0.29, 0.717) is 29.5 Å². The molecule has 4 aromatic rings. The normalized spacial score (nSPS) is 14.8. The van der Waals surface area contributed by atoms with Gasteiger partial charge in [-0.15, -0.1) is 0 Å². The van der Waals surface area contributed by atoms with Crippen LogP contribution in [0.5, 0.6) is 0 Å². The highest BCUT2D eigenvalue weighted by atomic mass is 16.2. The van der Waals surface area contributed by atoms with Crippen LogP contribution in [0.15, 0.2) is 67.1 Å². The number of likely N-dealkylation sites (N-methyl/N-ethyl adjacent to an activating group) is 1. The molecule has 0 aliphatic carbocycles. The van der Waals surface area contributed by atoms with E-state index < -0.39 is 0 Å². The van der Waals surface area contributed by atoms with E-state index in [1.165, 1.54) is 15.4 Å². The second-order valence-electron chi connectivity index (χ2n) is 8.23. The Bertz CT molecular complexity index is 1370. The number of amides is 3. The average molecular weight is 456 g/mol. The van der Waals surface area contributed by atoms with Crippen LogP contribution in [-0.2, 0) is 4.79 Å². The summed E-state index contributed by atoms with van der Waals surface area (Å²) in [5, 5.41) is 0. The van der Waals surface area contributed by atoms with Crippen LogP contribution in [0.25, 0.3) is 16.9 Å². The summed E-state index contributed by atoms with van der Waals surface area (Å²) in [6.07, 6.45) is 3.42. The number of aromatic nitrogens is 4. The summed E-state index contributed by atoms with van der Waals surface area (Å²) in [5.41, 5.74) is 3.17. The van der Waals surface area contributed by atoms with Gasteiger partial charge in [-0.25, -0.2) is 19.7 Å². The second kappa shape index (κ2) is 8.58. The predicted octanol–water partition coefficient (Wildman–Crippen LogP) is 3.80. The molecule has 2 aromatic carbocycles. The Hall–Kier alpha value is -4.27. The number of anilines is 2. The van der Waals surface area contributed by atoms with Gasteiger partial charge in [-0.05, 0) is 43.7 Å². The van der Waals surface area contributed by atoms with Crippen LogP contribution < -0.4 is 9.80 Å². The molecule has 0 bridgehead atoms. The summed E-state index contributed by atoms with van der Waals surface area (Å²) in [7, 11) is 1.97. The highest BCUT2D eigenvalue weighted by Crippen LogP contribution is 2.27. The summed E-state index contributed by atoms with van der Waals surface area (Å²) >= 11 is 0. The van der Waals surface area contributed by atoms with Gasteiger partial charge in [0.2, 0.25) is 5.95 Å². The molecular weight excluding hydrogens is 430 g/mol. The first kappa shape index (κ1) is 21.6. The molecular formula is C25H25N7O2. The topological polar surface area (TPSA) is 87.5 Å². The van der Waals surface area contributed by atoms with E-state index in [4.69, 9.17) is 4.98 Å². The number of carbonyl (C=O) groups is 2. The first-order valence-corrected chi connectivity index (χ1v) is 11.2. The number of nitrogens with zero attached hydrogens (tertiary/aromatic N) is 7. The first-order valence-electron chi connectivity index (χ1n) is 11.2. The van der Waals surface area contributed by atoms with Gasteiger partial charge in [0, 0.05) is 19.8 Å². The Kier molecular flexibility index (Phi) is 5.45. The molecule has 9 nitrogen and oxygen atoms in total. The molecule has 5 rings (SSSR count). The van der Waals surface area contributed by atoms with Gasteiger partial charge >= 0.3 is 6.03 Å². The second-order valence-corrected chi connectivity index (χ2v) is 8.23. The minimum Gasteiger partial charge on any atom is -0.337 e. The number of imide groups is 1. The molecule has 0 N–H and O–H groups in total. The fourth-order valence-electron chi connectivity index (χ4n) is 4.15. The molecule has 1 fully saturated rings. The number of imidazole rings is 1. The van der Waals surface area contributed by atoms with Crippen molar-refractivity contribution in [2.24, 2.45) is 0 Å². The fraction of sp³-hybridized carbons (Fsp3) is 0.240. The van der Waals surface area contributed by atoms with Crippen LogP contribution >= 0.6 is 0 Å². The Morgan fingerprint density at radius 2 is 1.85 bits per heavy atom. The molecule has 0 saturated carbocycles. The van der Waals surface area contributed by atoms with E-state index in [0.717, 1.165) is 5.52 Å². The lowest BCUT2D eigenvalue weighted by Gasteiger charge is -2.25. The zero-order valence-corrected chi connectivity index (χ0v) is 19.3. The van der Waals surface area contributed by atoms with Gasteiger partial charge in [-0.2, -0.15) is 4.98 Å². The molecule has 0 spiro atoms. The van der Waals surface area contributed by atoms with Crippen LogP contribution in [-0.4, -0.2) is 56.5 Å². The molecule has 0 radical (unpaired) electrons. The van der Waals surface area contributed by atoms with Gasteiger partial charge < -0.3 is 9.80 Å². The Morgan fingerprint density at radius 3 is 2.59 bits per heavy atom. The predicted molar refractivity (Wildman–Crippen MR) is 130 cm³/mol. The number of carbonyl (C=O) groups excluding carboxylic acids is 2. The van der Waals surface area contributed by atoms with Crippen molar-refractivity contribution in [3.63, 3.8) is 0 Å². The molecule has 3 heterocycles. The van der Waals surface area contributed by atoms with E-state index >= 15 is 0 Å². The van der Waals surface area contributed by atoms with Crippen molar-refractivity contribution in [2.75, 3.05) is 29.9 Å². The van der Waals surface area contributed by atoms with Crippen molar-refractivity contribution in [3.05, 3.63) is 72.7 Å². The maximum absolute atomic E-state index is 12.6. The standard InChI is InChI=1S/C25H25N7O2/c1-4-30-15-23(33)32(25(30)34)19-10-11-21-20(14-19)27-16-31(21)22-12-13-26-24(28-22)29(3)17(2)18-8-6-5-7-9-18/h5-14,16-17H,4,15H2,1-3H3/t17-/m0/s1. The Morgan fingerprint density at radius 1 is 1.06 bits per heavy atom. The quantitative estimate of drug-likeness (QED) is 0.411. The highest BCUT2D eigenvalue weighted by Gasteiger charge is 2.36. The molecule has 3 amide bonds. The maximum atomic E-state index is 12.6. The number of hydrogen-bond acceptors (Lipinski definition) is 6. The number of hydrogen-bond donors (Lipinski definition) is 0. The smallest absolute Gasteiger partial charge is 0.331 e. The van der Waals surface area contributed by atoms with E-state index in [1.807, 2.05) is 53.8 Å². The molecule has 34 heavy (non-hydrogen) atoms. The van der Waals surface area contributed by atoms with Crippen LogP contribution in [0.3, 0.4) is 0 Å². The zero-order chi connectivity index (χ0) is 23.8. The summed E-state index contributed by atoms with van der Waals surface area (Å²) in [6.45, 7) is 4.55. The third-order valence-electron chi connectivity index (χ3n) is 6.26. The van der Waals surface area contributed by atoms with Gasteiger partial charge in [0.1, 0.15) is 18.7 Å². The van der Waals surface area contributed by atoms with Gasteiger partial charge in [0.05, 0.1) is 22.8 Å². The largest absolute Gasteiger partial charge is 0.337 e. The van der Waals surface area contributed by atoms with E-state index in [-0.39, 0.29) is 24.5 Å². The first-order chi connectivity index (χ1) is 16.5. The Balaban J connectivity index is 1.45. The van der Waals surface area contributed by atoms with E-state index in [9.17, 15) is 9.59 Å². The number of benzene rings is 2. The van der Waals surface area contributed by atoms with Gasteiger partial charge in [-0.3, -0.25) is 9.36 Å².